The molecule has 10 heteroatoms. The summed E-state index contributed by atoms with van der Waals surface area (Å²) in [4.78, 5) is 15.7. The maximum Gasteiger partial charge on any atom is 0.265 e. The first-order chi connectivity index (χ1) is 12.1. The van der Waals surface area contributed by atoms with Gasteiger partial charge in [0.15, 0.2) is 0 Å². The van der Waals surface area contributed by atoms with Crippen molar-refractivity contribution in [3.05, 3.63) is 16.3 Å². The highest BCUT2D eigenvalue weighted by Crippen LogP contribution is 2.33. The van der Waals surface area contributed by atoms with Gasteiger partial charge in [0, 0.05) is 31.7 Å². The molecule has 7 nitrogen and oxygen atoms in total. The third-order valence-corrected chi connectivity index (χ3v) is 8.27. The Hall–Kier alpha value is -0.710. The van der Waals surface area contributed by atoms with E-state index in [4.69, 9.17) is 4.74 Å². The standard InChI is InChI=1S/C16H23N3O4S2.ClH/c20-16(19-12-1-2-13(19)11-17-5-3-12)15-14(4-10-24-15)25(21,22)18-6-8-23-9-7-18;/h4,10,12-13,17H,1-3,5-9,11H2;1H. The molecule has 2 bridgehead atoms. The van der Waals surface area contributed by atoms with E-state index in [2.05, 4.69) is 5.32 Å². The molecule has 2 unspecified atom stereocenters. The lowest BCUT2D eigenvalue weighted by Crippen LogP contribution is -2.44. The number of fused-ring (bicyclic) bond motifs is 2. The number of halogens is 1. The number of nitrogens with zero attached hydrogens (tertiary/aromatic N) is 2. The van der Waals surface area contributed by atoms with Crippen LogP contribution in [0.3, 0.4) is 0 Å². The highest BCUT2D eigenvalue weighted by Gasteiger charge is 2.41. The van der Waals surface area contributed by atoms with E-state index >= 15 is 0 Å². The molecule has 3 saturated heterocycles. The third-order valence-electron chi connectivity index (χ3n) is 5.30. The van der Waals surface area contributed by atoms with Gasteiger partial charge in [-0.1, -0.05) is 0 Å². The van der Waals surface area contributed by atoms with Gasteiger partial charge in [-0.15, -0.1) is 23.7 Å². The van der Waals surface area contributed by atoms with Gasteiger partial charge in [-0.05, 0) is 37.3 Å². The van der Waals surface area contributed by atoms with Gasteiger partial charge >= 0.3 is 0 Å². The Morgan fingerprint density at radius 3 is 2.69 bits per heavy atom. The fraction of sp³-hybridized carbons (Fsp3) is 0.688. The fourth-order valence-electron chi connectivity index (χ4n) is 4.01. The van der Waals surface area contributed by atoms with Crippen molar-refractivity contribution in [2.75, 3.05) is 39.4 Å². The van der Waals surface area contributed by atoms with Gasteiger partial charge in [-0.2, -0.15) is 4.31 Å². The lowest BCUT2D eigenvalue weighted by molar-refractivity contribution is 0.0679. The van der Waals surface area contributed by atoms with E-state index in [-0.39, 0.29) is 35.3 Å². The number of nitrogens with one attached hydrogen (secondary N) is 1. The maximum absolute atomic E-state index is 13.2. The smallest absolute Gasteiger partial charge is 0.265 e. The molecular weight excluding hydrogens is 398 g/mol. The average Bonchev–Trinajstić information content (AvgIpc) is 3.19. The second-order valence-electron chi connectivity index (χ2n) is 6.72. The van der Waals surface area contributed by atoms with Crippen molar-refractivity contribution in [1.29, 1.82) is 0 Å². The zero-order valence-electron chi connectivity index (χ0n) is 14.4. The lowest BCUT2D eigenvalue weighted by atomic mass is 10.1. The molecule has 4 heterocycles. The zero-order valence-corrected chi connectivity index (χ0v) is 16.9. The molecule has 0 aromatic carbocycles. The van der Waals surface area contributed by atoms with E-state index < -0.39 is 10.0 Å². The molecule has 2 atom stereocenters. The number of ether oxygens (including phenoxy) is 1. The van der Waals surface area contributed by atoms with Gasteiger partial charge in [0.25, 0.3) is 5.91 Å². The third kappa shape index (κ3) is 3.53. The first-order valence-corrected chi connectivity index (χ1v) is 11.1. The molecule has 1 amide bonds. The topological polar surface area (TPSA) is 79.0 Å². The summed E-state index contributed by atoms with van der Waals surface area (Å²) in [5.74, 6) is -0.127. The van der Waals surface area contributed by atoms with Gasteiger partial charge in [0.05, 0.1) is 13.2 Å². The van der Waals surface area contributed by atoms with Crippen LogP contribution in [-0.2, 0) is 14.8 Å². The Bertz CT molecular complexity index is 734. The summed E-state index contributed by atoms with van der Waals surface area (Å²) in [7, 11) is -3.66. The van der Waals surface area contributed by atoms with Crippen LogP contribution in [0.15, 0.2) is 16.3 Å². The number of morpholine rings is 1. The number of carbonyl (C=O) groups is 1. The molecule has 1 N–H and O–H groups in total. The van der Waals surface area contributed by atoms with Crippen LogP contribution in [0.2, 0.25) is 0 Å². The Morgan fingerprint density at radius 1 is 1.19 bits per heavy atom. The summed E-state index contributed by atoms with van der Waals surface area (Å²) in [5.41, 5.74) is 0. The number of hydrogen-bond donors (Lipinski definition) is 1. The van der Waals surface area contributed by atoms with Crippen molar-refractivity contribution in [2.45, 2.75) is 36.2 Å². The molecule has 3 aliphatic rings. The van der Waals surface area contributed by atoms with Gasteiger partial charge in [-0.3, -0.25) is 4.79 Å². The first-order valence-electron chi connectivity index (χ1n) is 8.78. The molecule has 146 valence electrons. The van der Waals surface area contributed by atoms with Crippen molar-refractivity contribution in [2.24, 2.45) is 0 Å². The van der Waals surface area contributed by atoms with E-state index in [1.54, 1.807) is 11.4 Å². The van der Waals surface area contributed by atoms with E-state index in [0.717, 1.165) is 32.4 Å². The summed E-state index contributed by atoms with van der Waals surface area (Å²) in [5, 5.41) is 5.08. The molecule has 3 aliphatic heterocycles. The van der Waals surface area contributed by atoms with Gasteiger partial charge < -0.3 is 15.0 Å². The van der Waals surface area contributed by atoms with E-state index in [0.29, 0.717) is 31.2 Å². The second-order valence-corrected chi connectivity index (χ2v) is 9.54. The Kier molecular flexibility index (Phi) is 6.25. The highest BCUT2D eigenvalue weighted by atomic mass is 35.5. The molecule has 0 saturated carbocycles. The SMILES string of the molecule is Cl.O=C(c1sccc1S(=O)(=O)N1CCOCC1)N1C2CCNCC1CC2. The largest absolute Gasteiger partial charge is 0.379 e. The van der Waals surface area contributed by atoms with Crippen LogP contribution in [0, 0.1) is 0 Å². The number of sulfonamides is 1. The minimum atomic E-state index is -3.66. The number of amides is 1. The Balaban J connectivity index is 0.00000196. The van der Waals surface area contributed by atoms with Crippen LogP contribution >= 0.6 is 23.7 Å². The van der Waals surface area contributed by atoms with Gasteiger partial charge in [-0.25, -0.2) is 8.42 Å². The maximum atomic E-state index is 13.2. The van der Waals surface area contributed by atoms with E-state index in [9.17, 15) is 13.2 Å². The molecule has 0 aliphatic carbocycles. The Labute approximate surface area is 164 Å². The zero-order chi connectivity index (χ0) is 17.4. The molecule has 3 fully saturated rings. The normalized spacial score (nSPS) is 27.0. The van der Waals surface area contributed by atoms with Gasteiger partial charge in [0.2, 0.25) is 10.0 Å². The monoisotopic (exact) mass is 421 g/mol. The molecule has 0 spiro atoms. The van der Waals surface area contributed by atoms with Crippen molar-refractivity contribution in [3.8, 4) is 0 Å². The van der Waals surface area contributed by atoms with Gasteiger partial charge in [0.1, 0.15) is 9.77 Å². The number of hydrogen-bond acceptors (Lipinski definition) is 6. The van der Waals surface area contributed by atoms with Crippen molar-refractivity contribution < 1.29 is 17.9 Å². The van der Waals surface area contributed by atoms with Crippen LogP contribution in [0.25, 0.3) is 0 Å². The molecule has 26 heavy (non-hydrogen) atoms. The lowest BCUT2D eigenvalue weighted by Gasteiger charge is -2.29. The summed E-state index contributed by atoms with van der Waals surface area (Å²) >= 11 is 1.23. The van der Waals surface area contributed by atoms with E-state index in [1.807, 2.05) is 4.90 Å². The van der Waals surface area contributed by atoms with Crippen LogP contribution in [0.1, 0.15) is 28.9 Å². The summed E-state index contributed by atoms with van der Waals surface area (Å²) in [6.45, 7) is 3.17. The Morgan fingerprint density at radius 2 is 1.92 bits per heavy atom. The quantitative estimate of drug-likeness (QED) is 0.792. The van der Waals surface area contributed by atoms with Crippen LogP contribution in [0.4, 0.5) is 0 Å². The van der Waals surface area contributed by atoms with Crippen LogP contribution < -0.4 is 5.32 Å². The predicted molar refractivity (Wildman–Crippen MR) is 102 cm³/mol. The average molecular weight is 422 g/mol. The minimum Gasteiger partial charge on any atom is -0.379 e. The number of thiophene rings is 1. The summed E-state index contributed by atoms with van der Waals surface area (Å²) in [6.07, 6.45) is 2.93. The molecule has 1 aromatic rings. The van der Waals surface area contributed by atoms with Crippen molar-refractivity contribution in [3.63, 3.8) is 0 Å². The number of rotatable bonds is 3. The van der Waals surface area contributed by atoms with Crippen molar-refractivity contribution in [1.82, 2.24) is 14.5 Å². The highest BCUT2D eigenvalue weighted by molar-refractivity contribution is 7.89. The fourth-order valence-corrected chi connectivity index (χ4v) is 6.76. The summed E-state index contributed by atoms with van der Waals surface area (Å²) < 4.78 is 32.7. The number of carbonyl (C=O) groups excluding carboxylic acids is 1. The predicted octanol–water partition coefficient (Wildman–Crippen LogP) is 1.16. The van der Waals surface area contributed by atoms with Crippen LogP contribution in [-0.4, -0.2) is 75.0 Å². The van der Waals surface area contributed by atoms with E-state index in [1.165, 1.54) is 15.6 Å². The minimum absolute atomic E-state index is 0. The molecule has 4 rings (SSSR count). The second kappa shape index (κ2) is 8.12. The summed E-state index contributed by atoms with van der Waals surface area (Å²) in [6, 6.07) is 1.95. The first kappa shape index (κ1) is 20.0. The van der Waals surface area contributed by atoms with Crippen LogP contribution in [0.5, 0.6) is 0 Å². The molecular formula is C16H24ClN3O4S2. The molecule has 0 radical (unpaired) electrons. The molecule has 1 aromatic heterocycles. The van der Waals surface area contributed by atoms with Crippen molar-refractivity contribution >= 4 is 39.7 Å².